The SMILES string of the molecule is CCOC(=O)COC1(c2nn[nH]n2)C=CC(C(=O)N2CCNCC2)=C(C(=O)O)C1OCC(=O)O. The van der Waals surface area contributed by atoms with E-state index in [-0.39, 0.29) is 18.0 Å². The molecule has 0 saturated carbocycles. The fraction of sp³-hybridized carbons (Fsp3) is 0.526. The van der Waals surface area contributed by atoms with Gasteiger partial charge in [0.15, 0.2) is 5.60 Å². The zero-order chi connectivity index (χ0) is 24.7. The van der Waals surface area contributed by atoms with Crippen LogP contribution in [0, 0.1) is 0 Å². The third-order valence-electron chi connectivity index (χ3n) is 5.11. The Morgan fingerprint density at radius 2 is 1.94 bits per heavy atom. The molecule has 15 heteroatoms. The highest BCUT2D eigenvalue weighted by Crippen LogP contribution is 2.40. The Kier molecular flexibility index (Phi) is 8.04. The van der Waals surface area contributed by atoms with Crippen molar-refractivity contribution in [1.29, 1.82) is 0 Å². The number of H-pyrrole nitrogens is 1. The number of nitrogens with zero attached hydrogens (tertiary/aromatic N) is 4. The molecule has 15 nitrogen and oxygen atoms in total. The van der Waals surface area contributed by atoms with Gasteiger partial charge in [-0.2, -0.15) is 5.21 Å². The van der Waals surface area contributed by atoms with E-state index in [9.17, 15) is 29.4 Å². The predicted molar refractivity (Wildman–Crippen MR) is 109 cm³/mol. The van der Waals surface area contributed by atoms with Crippen LogP contribution in [0.25, 0.3) is 0 Å². The minimum atomic E-state index is -2.00. The lowest BCUT2D eigenvalue weighted by Gasteiger charge is -2.39. The summed E-state index contributed by atoms with van der Waals surface area (Å²) in [7, 11) is 0. The number of ether oxygens (including phenoxy) is 3. The molecule has 0 spiro atoms. The van der Waals surface area contributed by atoms with E-state index in [4.69, 9.17) is 14.2 Å². The summed E-state index contributed by atoms with van der Waals surface area (Å²) in [5, 5.41) is 35.7. The number of aromatic nitrogens is 4. The molecule has 0 bridgehead atoms. The Labute approximate surface area is 192 Å². The number of carboxylic acids is 2. The number of amides is 1. The summed E-state index contributed by atoms with van der Waals surface area (Å²) < 4.78 is 16.0. The maximum atomic E-state index is 13.2. The number of tetrazole rings is 1. The maximum Gasteiger partial charge on any atom is 0.335 e. The Bertz CT molecular complexity index is 986. The zero-order valence-corrected chi connectivity index (χ0v) is 18.2. The monoisotopic (exact) mass is 480 g/mol. The number of carbonyl (C=O) groups is 4. The van der Waals surface area contributed by atoms with Gasteiger partial charge >= 0.3 is 17.9 Å². The predicted octanol–water partition coefficient (Wildman–Crippen LogP) is -2.17. The number of hydrogen-bond donors (Lipinski definition) is 4. The minimum absolute atomic E-state index is 0.0653. The van der Waals surface area contributed by atoms with Crippen LogP contribution in [0.15, 0.2) is 23.3 Å². The van der Waals surface area contributed by atoms with E-state index in [0.29, 0.717) is 26.2 Å². The van der Waals surface area contributed by atoms with Crippen molar-refractivity contribution in [2.24, 2.45) is 0 Å². The molecule has 2 unspecified atom stereocenters. The second-order valence-corrected chi connectivity index (χ2v) is 7.22. The summed E-state index contributed by atoms with van der Waals surface area (Å²) in [6.07, 6.45) is 0.751. The van der Waals surface area contributed by atoms with Crippen molar-refractivity contribution in [2.45, 2.75) is 18.6 Å². The van der Waals surface area contributed by atoms with E-state index in [1.807, 2.05) is 0 Å². The lowest BCUT2D eigenvalue weighted by atomic mass is 9.81. The van der Waals surface area contributed by atoms with E-state index in [0.717, 1.165) is 0 Å². The molecular weight excluding hydrogens is 456 g/mol. The molecule has 2 heterocycles. The van der Waals surface area contributed by atoms with E-state index >= 15 is 0 Å². The Balaban J connectivity index is 2.10. The van der Waals surface area contributed by atoms with E-state index in [1.165, 1.54) is 17.1 Å². The minimum Gasteiger partial charge on any atom is -0.480 e. The largest absolute Gasteiger partial charge is 0.480 e. The molecule has 1 aliphatic heterocycles. The standard InChI is InChI=1S/C19H24N6O9/c1-2-32-13(28)10-34-19(18-21-23-24-22-18)4-3-11(16(29)25-7-5-20-6-8-25)14(17(30)31)15(19)33-9-12(26)27/h3-4,15,20H,2,5-10H2,1H3,(H,26,27)(H,30,31)(H,21,22,23,24). The topological polar surface area (TPSA) is 206 Å². The first-order chi connectivity index (χ1) is 16.3. The highest BCUT2D eigenvalue weighted by atomic mass is 16.6. The average molecular weight is 480 g/mol. The Hall–Kier alpha value is -3.69. The van der Waals surface area contributed by atoms with Crippen molar-refractivity contribution < 1.29 is 43.6 Å². The van der Waals surface area contributed by atoms with Crippen LogP contribution in [0.1, 0.15) is 12.7 Å². The molecule has 4 N–H and O–H groups in total. The fourth-order valence-electron chi connectivity index (χ4n) is 3.64. The summed E-state index contributed by atoms with van der Waals surface area (Å²) in [6, 6.07) is 0. The smallest absolute Gasteiger partial charge is 0.335 e. The molecule has 2 atom stereocenters. The first-order valence-electron chi connectivity index (χ1n) is 10.3. The van der Waals surface area contributed by atoms with Gasteiger partial charge in [-0.1, -0.05) is 5.21 Å². The van der Waals surface area contributed by atoms with Crippen LogP contribution in [0.3, 0.4) is 0 Å². The number of aliphatic carboxylic acids is 2. The second kappa shape index (κ2) is 11.0. The van der Waals surface area contributed by atoms with Crippen LogP contribution in [-0.2, 0) is 39.0 Å². The maximum absolute atomic E-state index is 13.2. The number of nitrogens with one attached hydrogen (secondary N) is 2. The van der Waals surface area contributed by atoms with Gasteiger partial charge in [0.25, 0.3) is 5.91 Å². The van der Waals surface area contributed by atoms with Gasteiger partial charge in [0.2, 0.25) is 5.82 Å². The van der Waals surface area contributed by atoms with E-state index < -0.39 is 54.3 Å². The van der Waals surface area contributed by atoms with Gasteiger partial charge < -0.3 is 34.6 Å². The zero-order valence-electron chi connectivity index (χ0n) is 18.2. The molecular formula is C19H24N6O9. The van der Waals surface area contributed by atoms with Crippen molar-refractivity contribution in [3.63, 3.8) is 0 Å². The Morgan fingerprint density at radius 3 is 2.53 bits per heavy atom. The molecule has 0 radical (unpaired) electrons. The van der Waals surface area contributed by atoms with Gasteiger partial charge in [-0.3, -0.25) is 4.79 Å². The molecule has 1 aromatic rings. The molecule has 1 amide bonds. The summed E-state index contributed by atoms with van der Waals surface area (Å²) in [5.74, 6) is -4.55. The highest BCUT2D eigenvalue weighted by Gasteiger charge is 2.52. The van der Waals surface area contributed by atoms with Crippen molar-refractivity contribution in [3.05, 3.63) is 29.1 Å². The Morgan fingerprint density at radius 1 is 1.21 bits per heavy atom. The van der Waals surface area contributed by atoms with Crippen molar-refractivity contribution >= 4 is 23.8 Å². The van der Waals surface area contributed by atoms with Crippen molar-refractivity contribution in [3.8, 4) is 0 Å². The molecule has 1 fully saturated rings. The molecule has 1 aromatic heterocycles. The van der Waals surface area contributed by atoms with Crippen molar-refractivity contribution in [2.75, 3.05) is 46.0 Å². The molecule has 2 aliphatic rings. The van der Waals surface area contributed by atoms with Crippen molar-refractivity contribution in [1.82, 2.24) is 30.8 Å². The number of carboxylic acid groups (broad SMARTS) is 2. The third-order valence-corrected chi connectivity index (χ3v) is 5.11. The van der Waals surface area contributed by atoms with Gasteiger partial charge in [0, 0.05) is 26.2 Å². The first-order valence-corrected chi connectivity index (χ1v) is 10.3. The van der Waals surface area contributed by atoms with Crippen LogP contribution in [-0.4, -0.2) is 112 Å². The quantitative estimate of drug-likeness (QED) is 0.263. The van der Waals surface area contributed by atoms with E-state index in [2.05, 4.69) is 25.9 Å². The number of rotatable bonds is 10. The van der Waals surface area contributed by atoms with Gasteiger partial charge in [-0.05, 0) is 19.1 Å². The summed E-state index contributed by atoms with van der Waals surface area (Å²) in [4.78, 5) is 50.3. The summed E-state index contributed by atoms with van der Waals surface area (Å²) >= 11 is 0. The normalized spacial score (nSPS) is 22.5. The summed E-state index contributed by atoms with van der Waals surface area (Å²) in [6.45, 7) is 1.79. The molecule has 1 aliphatic carbocycles. The van der Waals surface area contributed by atoms with Gasteiger partial charge in [-0.15, -0.1) is 10.2 Å². The number of hydrogen-bond acceptors (Lipinski definition) is 11. The fourth-order valence-corrected chi connectivity index (χ4v) is 3.64. The molecule has 1 saturated heterocycles. The lowest BCUT2D eigenvalue weighted by molar-refractivity contribution is -0.170. The number of esters is 1. The van der Waals surface area contributed by atoms with Crippen LogP contribution >= 0.6 is 0 Å². The third kappa shape index (κ3) is 5.27. The molecule has 0 aromatic carbocycles. The first kappa shape index (κ1) is 24.9. The second-order valence-electron chi connectivity index (χ2n) is 7.22. The highest BCUT2D eigenvalue weighted by molar-refractivity contribution is 6.05. The van der Waals surface area contributed by atoms with Gasteiger partial charge in [0.1, 0.15) is 19.3 Å². The van der Waals surface area contributed by atoms with Crippen LogP contribution in [0.4, 0.5) is 0 Å². The van der Waals surface area contributed by atoms with Crippen LogP contribution in [0.2, 0.25) is 0 Å². The van der Waals surface area contributed by atoms with Crippen LogP contribution < -0.4 is 5.32 Å². The molecule has 184 valence electrons. The summed E-state index contributed by atoms with van der Waals surface area (Å²) in [5.41, 5.74) is -2.79. The number of carbonyl (C=O) groups excluding carboxylic acids is 2. The van der Waals surface area contributed by atoms with Gasteiger partial charge in [0.05, 0.1) is 17.8 Å². The molecule has 34 heavy (non-hydrogen) atoms. The average Bonchev–Trinajstić information content (AvgIpc) is 3.37. The number of piperazine rings is 1. The van der Waals surface area contributed by atoms with E-state index in [1.54, 1.807) is 6.92 Å². The van der Waals surface area contributed by atoms with Crippen LogP contribution in [0.5, 0.6) is 0 Å². The number of aromatic amines is 1. The van der Waals surface area contributed by atoms with Gasteiger partial charge in [-0.25, -0.2) is 14.4 Å². The molecule has 3 rings (SSSR count). The lowest BCUT2D eigenvalue weighted by Crippen LogP contribution is -2.52.